The van der Waals surface area contributed by atoms with Crippen LogP contribution in [0.4, 0.5) is 5.82 Å². The molecule has 5 rings (SSSR count). The first-order valence-electron chi connectivity index (χ1n) is 8.90. The molecule has 0 spiro atoms. The lowest BCUT2D eigenvalue weighted by atomic mass is 9.97. The van der Waals surface area contributed by atoms with Crippen molar-refractivity contribution in [1.29, 1.82) is 0 Å². The van der Waals surface area contributed by atoms with E-state index in [1.54, 1.807) is 11.3 Å². The van der Waals surface area contributed by atoms with Gasteiger partial charge in [-0.1, -0.05) is 41.9 Å². The van der Waals surface area contributed by atoms with Crippen molar-refractivity contribution in [3.8, 4) is 21.7 Å². The largest absolute Gasteiger partial charge is 0.382 e. The van der Waals surface area contributed by atoms with Gasteiger partial charge in [-0.25, -0.2) is 9.97 Å². The summed E-state index contributed by atoms with van der Waals surface area (Å²) in [7, 11) is 0. The summed E-state index contributed by atoms with van der Waals surface area (Å²) < 4.78 is 0. The van der Waals surface area contributed by atoms with Crippen LogP contribution in [0.1, 0.15) is 5.56 Å². The van der Waals surface area contributed by atoms with Gasteiger partial charge in [0.2, 0.25) is 0 Å². The number of thiophene rings is 1. The Hall–Kier alpha value is -2.95. The Morgan fingerprint density at radius 3 is 2.54 bits per heavy atom. The molecule has 0 aliphatic carbocycles. The molecule has 0 fully saturated rings. The maximum absolute atomic E-state index is 6.30. The second-order valence-corrected chi connectivity index (χ2v) is 8.10. The van der Waals surface area contributed by atoms with E-state index in [0.29, 0.717) is 5.82 Å². The van der Waals surface area contributed by atoms with Gasteiger partial charge in [0.1, 0.15) is 5.69 Å². The lowest BCUT2D eigenvalue weighted by Gasteiger charge is -2.10. The van der Waals surface area contributed by atoms with Gasteiger partial charge >= 0.3 is 0 Å². The van der Waals surface area contributed by atoms with Crippen LogP contribution in [0.5, 0.6) is 0 Å². The number of anilines is 1. The molecule has 3 nitrogen and oxygen atoms in total. The summed E-state index contributed by atoms with van der Waals surface area (Å²) in [6.07, 6.45) is 0. The average Bonchev–Trinajstić information content (AvgIpc) is 3.22. The molecule has 0 aliphatic rings. The van der Waals surface area contributed by atoms with Crippen LogP contribution in [-0.2, 0) is 0 Å². The van der Waals surface area contributed by atoms with Crippen LogP contribution in [-0.4, -0.2) is 9.97 Å². The number of nitrogens with two attached hydrogens (primary N) is 1. The summed E-state index contributed by atoms with van der Waals surface area (Å²) in [5, 5.41) is 5.00. The van der Waals surface area contributed by atoms with E-state index in [1.807, 2.05) is 36.6 Å². The molecule has 3 aromatic carbocycles. The van der Waals surface area contributed by atoms with Gasteiger partial charge in [-0.3, -0.25) is 0 Å². The number of rotatable bonds is 2. The molecule has 0 unspecified atom stereocenters. The molecule has 2 aromatic heterocycles. The lowest BCUT2D eigenvalue weighted by Crippen LogP contribution is -1.97. The molecule has 0 aliphatic heterocycles. The van der Waals surface area contributed by atoms with Crippen molar-refractivity contribution >= 4 is 50.6 Å². The van der Waals surface area contributed by atoms with E-state index in [1.165, 1.54) is 0 Å². The first-order chi connectivity index (χ1) is 13.6. The van der Waals surface area contributed by atoms with E-state index < -0.39 is 0 Å². The number of fused-ring (bicyclic) bond motifs is 2. The molecular weight excluding hydrogens is 386 g/mol. The third-order valence-electron chi connectivity index (χ3n) is 4.98. The van der Waals surface area contributed by atoms with Crippen molar-refractivity contribution in [3.05, 3.63) is 76.6 Å². The average molecular weight is 402 g/mol. The summed E-state index contributed by atoms with van der Waals surface area (Å²) in [6.45, 7) is 2.04. The lowest BCUT2D eigenvalue weighted by molar-refractivity contribution is 1.32. The zero-order valence-corrected chi connectivity index (χ0v) is 16.7. The molecule has 28 heavy (non-hydrogen) atoms. The standard InChI is InChI=1S/C23H16ClN3S/c1-13-17(4-2-5-18(13)24)15-8-7-14-11-19-20(12-16(14)10-15)27-23(25)22(26-19)21-6-3-9-28-21/h2-12H,1H3,(H2,25,27). The van der Waals surface area contributed by atoms with Gasteiger partial charge in [-0.05, 0) is 70.1 Å². The van der Waals surface area contributed by atoms with Crippen LogP contribution in [0, 0.1) is 6.92 Å². The van der Waals surface area contributed by atoms with Crippen molar-refractivity contribution in [1.82, 2.24) is 9.97 Å². The Kier molecular flexibility index (Phi) is 4.04. The second-order valence-electron chi connectivity index (χ2n) is 6.75. The van der Waals surface area contributed by atoms with Gasteiger partial charge in [0.05, 0.1) is 15.9 Å². The molecule has 0 amide bonds. The minimum atomic E-state index is 0.455. The van der Waals surface area contributed by atoms with Crippen LogP contribution >= 0.6 is 22.9 Å². The van der Waals surface area contributed by atoms with Crippen LogP contribution in [0.3, 0.4) is 0 Å². The molecule has 5 aromatic rings. The van der Waals surface area contributed by atoms with Crippen LogP contribution < -0.4 is 5.73 Å². The molecule has 2 heterocycles. The smallest absolute Gasteiger partial charge is 0.151 e. The first kappa shape index (κ1) is 17.2. The highest BCUT2D eigenvalue weighted by Gasteiger charge is 2.11. The van der Waals surface area contributed by atoms with Crippen molar-refractivity contribution in [2.45, 2.75) is 6.92 Å². The molecular formula is C23H16ClN3S. The van der Waals surface area contributed by atoms with Crippen molar-refractivity contribution in [2.24, 2.45) is 0 Å². The topological polar surface area (TPSA) is 51.8 Å². The third-order valence-corrected chi connectivity index (χ3v) is 6.27. The summed E-state index contributed by atoms with van der Waals surface area (Å²) in [6, 6.07) is 20.5. The molecule has 0 radical (unpaired) electrons. The highest BCUT2D eigenvalue weighted by atomic mass is 35.5. The number of benzene rings is 3. The zero-order chi connectivity index (χ0) is 19.3. The highest BCUT2D eigenvalue weighted by Crippen LogP contribution is 2.33. The molecule has 136 valence electrons. The van der Waals surface area contributed by atoms with Gasteiger partial charge in [-0.2, -0.15) is 0 Å². The van der Waals surface area contributed by atoms with Gasteiger partial charge in [-0.15, -0.1) is 11.3 Å². The summed E-state index contributed by atoms with van der Waals surface area (Å²) in [5.74, 6) is 0.455. The third kappa shape index (κ3) is 2.82. The molecule has 0 saturated heterocycles. The van der Waals surface area contributed by atoms with Crippen molar-refractivity contribution in [3.63, 3.8) is 0 Å². The maximum atomic E-state index is 6.30. The minimum Gasteiger partial charge on any atom is -0.382 e. The number of nitrogen functional groups attached to an aromatic ring is 1. The number of halogens is 1. The van der Waals surface area contributed by atoms with Crippen molar-refractivity contribution < 1.29 is 0 Å². The summed E-state index contributed by atoms with van der Waals surface area (Å²) >= 11 is 7.91. The second kappa shape index (κ2) is 6.59. The molecule has 0 saturated carbocycles. The van der Waals surface area contributed by atoms with Crippen LogP contribution in [0.25, 0.3) is 43.5 Å². The maximum Gasteiger partial charge on any atom is 0.151 e. The van der Waals surface area contributed by atoms with E-state index in [4.69, 9.17) is 22.3 Å². The van der Waals surface area contributed by atoms with Crippen LogP contribution in [0.2, 0.25) is 5.02 Å². The van der Waals surface area contributed by atoms with Crippen LogP contribution in [0.15, 0.2) is 66.0 Å². The highest BCUT2D eigenvalue weighted by molar-refractivity contribution is 7.13. The normalized spacial score (nSPS) is 11.4. The molecule has 0 atom stereocenters. The van der Waals surface area contributed by atoms with Gasteiger partial charge in [0.25, 0.3) is 0 Å². The van der Waals surface area contributed by atoms with Gasteiger partial charge in [0.15, 0.2) is 5.82 Å². The zero-order valence-electron chi connectivity index (χ0n) is 15.1. The van der Waals surface area contributed by atoms with Gasteiger partial charge < -0.3 is 5.73 Å². The van der Waals surface area contributed by atoms with E-state index in [9.17, 15) is 0 Å². The number of nitrogens with zero attached hydrogens (tertiary/aromatic N) is 2. The predicted octanol–water partition coefficient (Wildman–Crippen LogP) is 6.72. The first-order valence-corrected chi connectivity index (χ1v) is 10.2. The predicted molar refractivity (Wildman–Crippen MR) is 120 cm³/mol. The SMILES string of the molecule is Cc1c(Cl)cccc1-c1ccc2cc3nc(-c4cccs4)c(N)nc3cc2c1. The number of hydrogen-bond donors (Lipinski definition) is 1. The Morgan fingerprint density at radius 2 is 1.71 bits per heavy atom. The molecule has 0 bridgehead atoms. The fourth-order valence-corrected chi connectivity index (χ4v) is 4.39. The minimum absolute atomic E-state index is 0.455. The van der Waals surface area contributed by atoms with E-state index >= 15 is 0 Å². The molecule has 2 N–H and O–H groups in total. The number of hydrogen-bond acceptors (Lipinski definition) is 4. The van der Waals surface area contributed by atoms with E-state index in [2.05, 4.69) is 41.4 Å². The quantitative estimate of drug-likeness (QED) is 0.334. The Balaban J connectivity index is 1.69. The number of aromatic nitrogens is 2. The van der Waals surface area contributed by atoms with Gasteiger partial charge in [0, 0.05) is 5.02 Å². The fraction of sp³-hybridized carbons (Fsp3) is 0.0435. The molecule has 5 heteroatoms. The summed E-state index contributed by atoms with van der Waals surface area (Å²) in [5.41, 5.74) is 11.9. The monoisotopic (exact) mass is 401 g/mol. The Morgan fingerprint density at radius 1 is 0.893 bits per heavy atom. The van der Waals surface area contributed by atoms with Crippen molar-refractivity contribution in [2.75, 3.05) is 5.73 Å². The van der Waals surface area contributed by atoms with E-state index in [-0.39, 0.29) is 0 Å². The summed E-state index contributed by atoms with van der Waals surface area (Å²) in [4.78, 5) is 10.4. The van der Waals surface area contributed by atoms with E-state index in [0.717, 1.165) is 54.1 Å². The Labute approximate surface area is 171 Å². The Bertz CT molecular complexity index is 1340. The fourth-order valence-electron chi connectivity index (χ4n) is 3.50.